The lowest BCUT2D eigenvalue weighted by atomic mass is 10.1. The van der Waals surface area contributed by atoms with Gasteiger partial charge in [0.15, 0.2) is 6.10 Å². The number of ether oxygens (including phenoxy) is 3. The Morgan fingerprint density at radius 3 is 1.54 bits per heavy atom. The first-order chi connectivity index (χ1) is 22.0. The van der Waals surface area contributed by atoms with Gasteiger partial charge in [-0.1, -0.05) is 117 Å². The Morgan fingerprint density at radius 2 is 1.07 bits per heavy atom. The number of aliphatic hydroxyl groups excluding tert-OH is 1. The van der Waals surface area contributed by atoms with Crippen molar-refractivity contribution in [3.63, 3.8) is 0 Å². The van der Waals surface area contributed by atoms with E-state index in [0.29, 0.717) is 12.8 Å². The molecule has 0 aliphatic rings. The van der Waals surface area contributed by atoms with Crippen molar-refractivity contribution >= 4 is 25.7 Å². The molecule has 0 aromatic heterocycles. The average Bonchev–Trinajstić information content (AvgIpc) is 3.02. The number of nitrogens with two attached hydrogens (primary N) is 1. The van der Waals surface area contributed by atoms with Crippen molar-refractivity contribution in [1.82, 2.24) is 0 Å². The van der Waals surface area contributed by atoms with E-state index < -0.39 is 63.8 Å². The molecule has 4 N–H and O–H groups in total. The van der Waals surface area contributed by atoms with E-state index in [1.54, 1.807) is 0 Å². The third kappa shape index (κ3) is 28.6. The number of phosphoric ester groups is 1. The smallest absolute Gasteiger partial charge is 0.462 e. The summed E-state index contributed by atoms with van der Waals surface area (Å²) in [4.78, 5) is 46.3. The van der Waals surface area contributed by atoms with Gasteiger partial charge in [0.2, 0.25) is 0 Å². The monoisotopic (exact) mass is 681 g/mol. The zero-order chi connectivity index (χ0) is 34.5. The van der Waals surface area contributed by atoms with Gasteiger partial charge >= 0.3 is 25.7 Å². The molecule has 0 bridgehead atoms. The van der Waals surface area contributed by atoms with Gasteiger partial charge in [-0.15, -0.1) is 0 Å². The van der Waals surface area contributed by atoms with Crippen molar-refractivity contribution < 1.29 is 52.2 Å². The highest BCUT2D eigenvalue weighted by Crippen LogP contribution is 2.43. The molecule has 0 amide bonds. The lowest BCUT2D eigenvalue weighted by Crippen LogP contribution is -2.32. The van der Waals surface area contributed by atoms with Gasteiger partial charge in [0, 0.05) is 12.8 Å². The van der Waals surface area contributed by atoms with Crippen LogP contribution in [-0.4, -0.2) is 72.6 Å². The molecule has 0 spiro atoms. The second-order valence-electron chi connectivity index (χ2n) is 12.1. The number of rotatable bonds is 32. The lowest BCUT2D eigenvalue weighted by Gasteiger charge is -2.20. The zero-order valence-electron chi connectivity index (χ0n) is 28.8. The molecule has 12 nitrogen and oxygen atoms in total. The maximum absolute atomic E-state index is 12.5. The van der Waals surface area contributed by atoms with Crippen molar-refractivity contribution in [3.05, 3.63) is 0 Å². The fourth-order valence-corrected chi connectivity index (χ4v) is 5.32. The Labute approximate surface area is 277 Å². The standard InChI is InChI=1S/C33H64NO11P/c1-4-6-8-10-12-14-16-18-20-22-31(36)41-26-30(45-32(37)23-21-19-17-15-13-11-9-7-5-2)27-44-46(39,40)43-25-29(35)24-42-33(38)28(3)34/h28-30,35H,4-27,34H2,1-3H3,(H,39,40)/t28-,29+,30+/m0/s1. The van der Waals surface area contributed by atoms with Crippen molar-refractivity contribution in [1.29, 1.82) is 0 Å². The Balaban J connectivity index is 4.66. The van der Waals surface area contributed by atoms with E-state index in [9.17, 15) is 28.9 Å². The predicted molar refractivity (Wildman–Crippen MR) is 177 cm³/mol. The van der Waals surface area contributed by atoms with Crippen molar-refractivity contribution in [2.24, 2.45) is 5.73 Å². The molecule has 0 aliphatic carbocycles. The van der Waals surface area contributed by atoms with E-state index in [2.05, 4.69) is 13.8 Å². The van der Waals surface area contributed by atoms with Crippen molar-refractivity contribution in [2.45, 2.75) is 167 Å². The molecule has 13 heteroatoms. The molecule has 0 radical (unpaired) electrons. The van der Waals surface area contributed by atoms with Gasteiger partial charge in [-0.2, -0.15) is 0 Å². The first-order valence-electron chi connectivity index (χ1n) is 17.6. The largest absolute Gasteiger partial charge is 0.472 e. The minimum atomic E-state index is -4.70. The van der Waals surface area contributed by atoms with Crippen molar-refractivity contribution in [2.75, 3.05) is 26.4 Å². The van der Waals surface area contributed by atoms with Crippen LogP contribution in [0.5, 0.6) is 0 Å². The Kier molecular flexibility index (Phi) is 28.6. The van der Waals surface area contributed by atoms with E-state index in [1.165, 1.54) is 71.1 Å². The summed E-state index contributed by atoms with van der Waals surface area (Å²) in [7, 11) is -4.70. The summed E-state index contributed by atoms with van der Waals surface area (Å²) in [5, 5.41) is 9.87. The normalized spacial score (nSPS) is 14.7. The SMILES string of the molecule is CCCCCCCCCCCC(=O)OC[C@H](COP(=O)(O)OC[C@H](O)COC(=O)[C@H](C)N)OC(=O)CCCCCCCCCCC. The van der Waals surface area contributed by atoms with E-state index in [1.807, 2.05) is 0 Å². The van der Waals surface area contributed by atoms with Crippen LogP contribution in [0.3, 0.4) is 0 Å². The molecule has 1 unspecified atom stereocenters. The molecule has 0 aromatic carbocycles. The van der Waals surface area contributed by atoms with Gasteiger partial charge in [0.25, 0.3) is 0 Å². The third-order valence-electron chi connectivity index (χ3n) is 7.34. The molecule has 0 fully saturated rings. The lowest BCUT2D eigenvalue weighted by molar-refractivity contribution is -0.161. The van der Waals surface area contributed by atoms with Gasteiger partial charge in [0.05, 0.1) is 13.2 Å². The molecule has 0 aliphatic heterocycles. The first kappa shape index (κ1) is 44.4. The zero-order valence-corrected chi connectivity index (χ0v) is 29.7. The molecule has 46 heavy (non-hydrogen) atoms. The van der Waals surface area contributed by atoms with Gasteiger partial charge in [0.1, 0.15) is 25.4 Å². The van der Waals surface area contributed by atoms with Gasteiger partial charge in [-0.25, -0.2) is 4.57 Å². The van der Waals surface area contributed by atoms with Crippen LogP contribution in [0.4, 0.5) is 0 Å². The molecule has 272 valence electrons. The van der Waals surface area contributed by atoms with E-state index in [0.717, 1.165) is 38.5 Å². The highest BCUT2D eigenvalue weighted by Gasteiger charge is 2.27. The number of phosphoric acid groups is 1. The van der Waals surface area contributed by atoms with E-state index in [-0.39, 0.29) is 19.4 Å². The van der Waals surface area contributed by atoms with E-state index in [4.69, 9.17) is 29.0 Å². The van der Waals surface area contributed by atoms with Crippen LogP contribution in [0.1, 0.15) is 149 Å². The summed E-state index contributed by atoms with van der Waals surface area (Å²) >= 11 is 0. The molecule has 0 heterocycles. The molecular weight excluding hydrogens is 617 g/mol. The quantitative estimate of drug-likeness (QED) is 0.0297. The fourth-order valence-electron chi connectivity index (χ4n) is 4.53. The van der Waals surface area contributed by atoms with Crippen LogP contribution in [-0.2, 0) is 42.2 Å². The summed E-state index contributed by atoms with van der Waals surface area (Å²) in [6.07, 6.45) is 17.7. The van der Waals surface area contributed by atoms with Crippen LogP contribution in [0, 0.1) is 0 Å². The van der Waals surface area contributed by atoms with Crippen LogP contribution in [0.15, 0.2) is 0 Å². The average molecular weight is 682 g/mol. The minimum absolute atomic E-state index is 0.165. The van der Waals surface area contributed by atoms with Gasteiger partial charge in [-0.05, 0) is 19.8 Å². The Hall–Kier alpha value is -1.56. The van der Waals surface area contributed by atoms with Crippen LogP contribution >= 0.6 is 7.82 Å². The third-order valence-corrected chi connectivity index (χ3v) is 8.29. The van der Waals surface area contributed by atoms with Crippen molar-refractivity contribution in [3.8, 4) is 0 Å². The number of carbonyl (C=O) groups excluding carboxylic acids is 3. The van der Waals surface area contributed by atoms with Crippen LogP contribution < -0.4 is 5.73 Å². The summed E-state index contributed by atoms with van der Waals surface area (Å²) in [5.41, 5.74) is 5.37. The highest BCUT2D eigenvalue weighted by atomic mass is 31.2. The van der Waals surface area contributed by atoms with Gasteiger partial charge < -0.3 is 29.9 Å². The topological polar surface area (TPSA) is 181 Å². The summed E-state index contributed by atoms with van der Waals surface area (Å²) in [5.74, 6) is -1.72. The van der Waals surface area contributed by atoms with Crippen LogP contribution in [0.25, 0.3) is 0 Å². The number of hydrogen-bond donors (Lipinski definition) is 3. The Morgan fingerprint density at radius 1 is 0.630 bits per heavy atom. The van der Waals surface area contributed by atoms with E-state index >= 15 is 0 Å². The first-order valence-corrected chi connectivity index (χ1v) is 19.1. The maximum atomic E-state index is 12.5. The van der Waals surface area contributed by atoms with Crippen LogP contribution in [0.2, 0.25) is 0 Å². The second kappa shape index (κ2) is 29.6. The maximum Gasteiger partial charge on any atom is 0.472 e. The number of hydrogen-bond acceptors (Lipinski definition) is 11. The summed E-state index contributed by atoms with van der Waals surface area (Å²) < 4.78 is 37.6. The van der Waals surface area contributed by atoms with Gasteiger partial charge in [-0.3, -0.25) is 23.4 Å². The number of unbranched alkanes of at least 4 members (excludes halogenated alkanes) is 16. The number of esters is 3. The molecular formula is C33H64NO11P. The highest BCUT2D eigenvalue weighted by molar-refractivity contribution is 7.47. The second-order valence-corrected chi connectivity index (χ2v) is 13.5. The summed E-state index contributed by atoms with van der Waals surface area (Å²) in [6.45, 7) is 3.72. The Bertz CT molecular complexity index is 827. The molecule has 4 atom stereocenters. The fraction of sp³-hybridized carbons (Fsp3) is 0.909. The predicted octanol–water partition coefficient (Wildman–Crippen LogP) is 6.67. The molecule has 0 aromatic rings. The molecule has 0 saturated carbocycles. The molecule has 0 saturated heterocycles. The minimum Gasteiger partial charge on any atom is -0.462 e. The molecule has 0 rings (SSSR count). The number of carbonyl (C=O) groups is 3. The summed E-state index contributed by atoms with van der Waals surface area (Å²) in [6, 6.07) is -0.889. The number of aliphatic hydroxyl groups is 1.